The molecule has 0 unspecified atom stereocenters. The Kier molecular flexibility index (Phi) is 5.25. The molecule has 0 aliphatic rings. The van der Waals surface area contributed by atoms with Crippen molar-refractivity contribution in [1.82, 2.24) is 0 Å². The fourth-order valence-electron chi connectivity index (χ4n) is 2.57. The van der Waals surface area contributed by atoms with Crippen LogP contribution in [-0.4, -0.2) is 0 Å². The Balaban J connectivity index is 1.73. The topological polar surface area (TPSA) is 3.24 Å². The van der Waals surface area contributed by atoms with E-state index in [0.29, 0.717) is 0 Å². The Morgan fingerprint density at radius 1 is 0.609 bits per heavy atom. The molecule has 3 rings (SSSR count). The Bertz CT molecular complexity index is 678. The summed E-state index contributed by atoms with van der Waals surface area (Å²) >= 11 is 0. The fraction of sp³-hybridized carbons (Fsp3) is 0.0909. The van der Waals surface area contributed by atoms with Crippen molar-refractivity contribution in [3.63, 3.8) is 0 Å². The van der Waals surface area contributed by atoms with Gasteiger partial charge in [0.2, 0.25) is 0 Å². The van der Waals surface area contributed by atoms with E-state index in [1.807, 2.05) is 12.1 Å². The summed E-state index contributed by atoms with van der Waals surface area (Å²) < 4.78 is 0. The summed E-state index contributed by atoms with van der Waals surface area (Å²) in [6.45, 7) is 0. The SMILES string of the molecule is C(=C\N(c1ccccc1)c1ccccc1)/CCc1ccccc1. The van der Waals surface area contributed by atoms with Gasteiger partial charge in [0.1, 0.15) is 0 Å². The molecule has 23 heavy (non-hydrogen) atoms. The van der Waals surface area contributed by atoms with Crippen LogP contribution in [0, 0.1) is 0 Å². The average Bonchev–Trinajstić information content (AvgIpc) is 2.64. The molecule has 0 N–H and O–H groups in total. The molecular weight excluding hydrogens is 278 g/mol. The van der Waals surface area contributed by atoms with Crippen molar-refractivity contribution < 1.29 is 0 Å². The van der Waals surface area contributed by atoms with Gasteiger partial charge in [-0.1, -0.05) is 72.8 Å². The molecule has 0 aliphatic carbocycles. The highest BCUT2D eigenvalue weighted by molar-refractivity contribution is 5.65. The van der Waals surface area contributed by atoms with E-state index < -0.39 is 0 Å². The second-order valence-electron chi connectivity index (χ2n) is 5.45. The van der Waals surface area contributed by atoms with Gasteiger partial charge in [-0.25, -0.2) is 0 Å². The van der Waals surface area contributed by atoms with Crippen LogP contribution in [0.4, 0.5) is 11.4 Å². The van der Waals surface area contributed by atoms with E-state index in [-0.39, 0.29) is 0 Å². The van der Waals surface area contributed by atoms with Crippen molar-refractivity contribution in [1.29, 1.82) is 0 Å². The van der Waals surface area contributed by atoms with Crippen molar-refractivity contribution in [2.45, 2.75) is 12.8 Å². The summed E-state index contributed by atoms with van der Waals surface area (Å²) in [6, 6.07) is 31.5. The second-order valence-corrected chi connectivity index (χ2v) is 5.45. The minimum Gasteiger partial charge on any atom is -0.318 e. The lowest BCUT2D eigenvalue weighted by molar-refractivity contribution is 0.995. The van der Waals surface area contributed by atoms with Gasteiger partial charge in [-0.3, -0.25) is 0 Å². The number of hydrogen-bond acceptors (Lipinski definition) is 1. The molecule has 0 heterocycles. The molecule has 1 nitrogen and oxygen atoms in total. The number of aryl methyl sites for hydroxylation is 1. The number of para-hydroxylation sites is 2. The van der Waals surface area contributed by atoms with E-state index >= 15 is 0 Å². The molecule has 0 spiro atoms. The summed E-state index contributed by atoms with van der Waals surface area (Å²) in [7, 11) is 0. The average molecular weight is 299 g/mol. The minimum absolute atomic E-state index is 1.03. The van der Waals surface area contributed by atoms with Crippen molar-refractivity contribution in [3.05, 3.63) is 109 Å². The number of allylic oxidation sites excluding steroid dienone is 1. The van der Waals surface area contributed by atoms with Crippen LogP contribution in [0.5, 0.6) is 0 Å². The van der Waals surface area contributed by atoms with Crippen molar-refractivity contribution in [3.8, 4) is 0 Å². The maximum atomic E-state index is 2.24. The third-order valence-corrected chi connectivity index (χ3v) is 3.77. The molecule has 114 valence electrons. The second kappa shape index (κ2) is 8.00. The zero-order valence-electron chi connectivity index (χ0n) is 13.2. The van der Waals surface area contributed by atoms with Gasteiger partial charge in [-0.2, -0.15) is 0 Å². The molecular formula is C22H21N. The quantitative estimate of drug-likeness (QED) is 0.542. The summed E-state index contributed by atoms with van der Waals surface area (Å²) in [4.78, 5) is 2.23. The highest BCUT2D eigenvalue weighted by atomic mass is 15.1. The zero-order chi connectivity index (χ0) is 15.7. The summed E-state index contributed by atoms with van der Waals surface area (Å²) in [5.74, 6) is 0. The van der Waals surface area contributed by atoms with E-state index in [1.165, 1.54) is 16.9 Å². The first-order valence-corrected chi connectivity index (χ1v) is 8.03. The highest BCUT2D eigenvalue weighted by Gasteiger charge is 2.04. The maximum absolute atomic E-state index is 2.24. The minimum atomic E-state index is 1.03. The van der Waals surface area contributed by atoms with Crippen LogP contribution < -0.4 is 4.90 Å². The van der Waals surface area contributed by atoms with Crippen LogP contribution in [0.2, 0.25) is 0 Å². The van der Waals surface area contributed by atoms with Crippen LogP contribution >= 0.6 is 0 Å². The number of benzene rings is 3. The van der Waals surface area contributed by atoms with Gasteiger partial charge in [0.05, 0.1) is 0 Å². The monoisotopic (exact) mass is 299 g/mol. The first kappa shape index (κ1) is 15.1. The fourth-order valence-corrected chi connectivity index (χ4v) is 2.57. The van der Waals surface area contributed by atoms with Gasteiger partial charge in [-0.15, -0.1) is 0 Å². The van der Waals surface area contributed by atoms with Gasteiger partial charge < -0.3 is 4.90 Å². The number of anilines is 2. The lowest BCUT2D eigenvalue weighted by Crippen LogP contribution is -2.07. The first-order valence-electron chi connectivity index (χ1n) is 8.03. The Morgan fingerprint density at radius 2 is 1.09 bits per heavy atom. The Morgan fingerprint density at radius 3 is 1.61 bits per heavy atom. The third-order valence-electron chi connectivity index (χ3n) is 3.77. The standard InChI is InChI=1S/C22H21N/c1-4-12-20(13-5-1)14-10-11-19-23(21-15-6-2-7-16-21)22-17-8-3-9-18-22/h1-9,11-13,15-19H,10,14H2/b19-11+. The molecule has 0 aromatic heterocycles. The van der Waals surface area contributed by atoms with Crippen molar-refractivity contribution in [2.24, 2.45) is 0 Å². The molecule has 3 aromatic carbocycles. The van der Waals surface area contributed by atoms with E-state index in [9.17, 15) is 0 Å². The van der Waals surface area contributed by atoms with Gasteiger partial charge in [0, 0.05) is 17.6 Å². The number of nitrogens with zero attached hydrogens (tertiary/aromatic N) is 1. The molecule has 1 heteroatoms. The van der Waals surface area contributed by atoms with Gasteiger partial charge in [0.25, 0.3) is 0 Å². The van der Waals surface area contributed by atoms with Crippen LogP contribution in [0.3, 0.4) is 0 Å². The Labute approximate surface area is 138 Å². The lowest BCUT2D eigenvalue weighted by atomic mass is 10.1. The summed E-state index contributed by atoms with van der Waals surface area (Å²) in [6.07, 6.45) is 6.51. The van der Waals surface area contributed by atoms with Crippen LogP contribution in [0.15, 0.2) is 103 Å². The van der Waals surface area contributed by atoms with E-state index in [1.54, 1.807) is 0 Å². The molecule has 0 fully saturated rings. The van der Waals surface area contributed by atoms with Crippen LogP contribution in [-0.2, 0) is 6.42 Å². The molecule has 0 saturated carbocycles. The van der Waals surface area contributed by atoms with Gasteiger partial charge in [-0.05, 0) is 42.7 Å². The van der Waals surface area contributed by atoms with Gasteiger partial charge >= 0.3 is 0 Å². The largest absolute Gasteiger partial charge is 0.318 e. The smallest absolute Gasteiger partial charge is 0.0455 e. The summed E-state index contributed by atoms with van der Waals surface area (Å²) in [5.41, 5.74) is 3.73. The normalized spacial score (nSPS) is 10.8. The van der Waals surface area contributed by atoms with Crippen LogP contribution in [0.25, 0.3) is 0 Å². The number of hydrogen-bond donors (Lipinski definition) is 0. The van der Waals surface area contributed by atoms with Gasteiger partial charge in [0.15, 0.2) is 0 Å². The first-order chi connectivity index (χ1) is 11.4. The Hall–Kier alpha value is -2.80. The van der Waals surface area contributed by atoms with E-state index in [4.69, 9.17) is 0 Å². The van der Waals surface area contributed by atoms with E-state index in [0.717, 1.165) is 12.8 Å². The molecule has 0 saturated heterocycles. The van der Waals surface area contributed by atoms with Crippen LogP contribution in [0.1, 0.15) is 12.0 Å². The lowest BCUT2D eigenvalue weighted by Gasteiger charge is -2.20. The molecule has 0 amide bonds. The summed E-state index contributed by atoms with van der Waals surface area (Å²) in [5, 5.41) is 0. The van der Waals surface area contributed by atoms with Crippen molar-refractivity contribution in [2.75, 3.05) is 4.90 Å². The predicted octanol–water partition coefficient (Wildman–Crippen LogP) is 5.97. The molecule has 0 bridgehead atoms. The molecule has 0 atom stereocenters. The number of rotatable bonds is 6. The third kappa shape index (κ3) is 4.33. The molecule has 0 radical (unpaired) electrons. The van der Waals surface area contributed by atoms with Crippen molar-refractivity contribution >= 4 is 11.4 Å². The molecule has 0 aliphatic heterocycles. The maximum Gasteiger partial charge on any atom is 0.0455 e. The molecule has 3 aromatic rings. The predicted molar refractivity (Wildman–Crippen MR) is 98.9 cm³/mol. The van der Waals surface area contributed by atoms with E-state index in [2.05, 4.69) is 96.0 Å². The highest BCUT2D eigenvalue weighted by Crippen LogP contribution is 2.25. The zero-order valence-corrected chi connectivity index (χ0v) is 13.2.